The normalized spacial score (nSPS) is 33.9. The van der Waals surface area contributed by atoms with E-state index in [0.29, 0.717) is 0 Å². The first-order valence-electron chi connectivity index (χ1n) is 5.67. The number of fused-ring (bicyclic) bond motifs is 1. The van der Waals surface area contributed by atoms with Crippen LogP contribution >= 0.6 is 0 Å². The van der Waals surface area contributed by atoms with Crippen molar-refractivity contribution in [3.8, 4) is 0 Å². The smallest absolute Gasteiger partial charge is 0.0361 e. The largest absolute Gasteiger partial charge is 0.385 e. The second-order valence-electron chi connectivity index (χ2n) is 4.20. The lowest BCUT2D eigenvalue weighted by Crippen LogP contribution is -2.15. The van der Waals surface area contributed by atoms with Crippen molar-refractivity contribution in [2.24, 2.45) is 0 Å². The SMILES string of the molecule is C/C1=C2/NCCCC/C2=C/C=C\CC1. The Hall–Kier alpha value is -0.980. The second kappa shape index (κ2) is 4.50. The molecule has 0 aromatic heterocycles. The summed E-state index contributed by atoms with van der Waals surface area (Å²) in [6.07, 6.45) is 13.0. The van der Waals surface area contributed by atoms with Gasteiger partial charge in [0.15, 0.2) is 0 Å². The van der Waals surface area contributed by atoms with Gasteiger partial charge in [0.05, 0.1) is 0 Å². The fourth-order valence-electron chi connectivity index (χ4n) is 2.19. The molecule has 1 N–H and O–H groups in total. The van der Waals surface area contributed by atoms with Crippen molar-refractivity contribution in [1.29, 1.82) is 0 Å². The van der Waals surface area contributed by atoms with Crippen molar-refractivity contribution in [2.45, 2.75) is 39.0 Å². The molecule has 2 rings (SSSR count). The number of hydrogen-bond acceptors (Lipinski definition) is 1. The lowest BCUT2D eigenvalue weighted by molar-refractivity contribution is 0.727. The van der Waals surface area contributed by atoms with Crippen molar-refractivity contribution >= 4 is 0 Å². The Bertz CT molecular complexity index is 294. The molecule has 0 aromatic carbocycles. The number of allylic oxidation sites excluding steroid dienone is 5. The van der Waals surface area contributed by atoms with Gasteiger partial charge in [0.2, 0.25) is 0 Å². The van der Waals surface area contributed by atoms with E-state index in [1.54, 1.807) is 0 Å². The zero-order chi connectivity index (χ0) is 9.80. The van der Waals surface area contributed by atoms with Gasteiger partial charge in [-0.25, -0.2) is 0 Å². The van der Waals surface area contributed by atoms with Crippen LogP contribution in [-0.2, 0) is 0 Å². The summed E-state index contributed by atoms with van der Waals surface area (Å²) in [6.45, 7) is 3.41. The van der Waals surface area contributed by atoms with Gasteiger partial charge in [0.25, 0.3) is 0 Å². The summed E-state index contributed by atoms with van der Waals surface area (Å²) in [4.78, 5) is 0. The molecule has 1 heterocycles. The molecule has 0 atom stereocenters. The third-order valence-corrected chi connectivity index (χ3v) is 3.04. The zero-order valence-corrected chi connectivity index (χ0v) is 8.97. The topological polar surface area (TPSA) is 12.0 Å². The van der Waals surface area contributed by atoms with Gasteiger partial charge in [0.1, 0.15) is 0 Å². The number of nitrogens with one attached hydrogen (secondary N) is 1. The van der Waals surface area contributed by atoms with E-state index in [9.17, 15) is 0 Å². The average molecular weight is 189 g/mol. The quantitative estimate of drug-likeness (QED) is 0.616. The highest BCUT2D eigenvalue weighted by molar-refractivity contribution is 5.37. The van der Waals surface area contributed by atoms with Gasteiger partial charge in [-0.15, -0.1) is 0 Å². The lowest BCUT2D eigenvalue weighted by Gasteiger charge is -2.15. The summed E-state index contributed by atoms with van der Waals surface area (Å²) >= 11 is 0. The van der Waals surface area contributed by atoms with E-state index in [1.807, 2.05) is 0 Å². The van der Waals surface area contributed by atoms with Crippen LogP contribution < -0.4 is 5.32 Å². The Labute approximate surface area is 86.6 Å². The van der Waals surface area contributed by atoms with Gasteiger partial charge in [-0.3, -0.25) is 0 Å². The van der Waals surface area contributed by atoms with Gasteiger partial charge in [0, 0.05) is 12.2 Å². The predicted molar refractivity (Wildman–Crippen MR) is 61.0 cm³/mol. The molecule has 1 nitrogen and oxygen atoms in total. The minimum atomic E-state index is 1.15. The summed E-state index contributed by atoms with van der Waals surface area (Å²) < 4.78 is 0. The standard InChI is InChI=1S/C13H19N/c1-11-7-3-2-4-8-12-9-5-6-10-14-13(11)12/h2,4,8,14H,3,5-7,9-10H2,1H3/b4-2-,12-8-,13-11-. The van der Waals surface area contributed by atoms with Crippen LogP contribution in [0.4, 0.5) is 0 Å². The Morgan fingerprint density at radius 1 is 1.21 bits per heavy atom. The maximum absolute atomic E-state index is 3.58. The molecular formula is C13H19N. The average Bonchev–Trinajstić information content (AvgIpc) is 2.39. The van der Waals surface area contributed by atoms with E-state index in [-0.39, 0.29) is 0 Å². The van der Waals surface area contributed by atoms with E-state index in [1.165, 1.54) is 48.9 Å². The third kappa shape index (κ3) is 2.09. The van der Waals surface area contributed by atoms with Crippen molar-refractivity contribution in [3.63, 3.8) is 0 Å². The highest BCUT2D eigenvalue weighted by Crippen LogP contribution is 2.25. The molecule has 0 amide bonds. The van der Waals surface area contributed by atoms with Crippen LogP contribution in [0.3, 0.4) is 0 Å². The molecule has 0 radical (unpaired) electrons. The van der Waals surface area contributed by atoms with Crippen LogP contribution in [0.25, 0.3) is 0 Å². The zero-order valence-electron chi connectivity index (χ0n) is 8.97. The van der Waals surface area contributed by atoms with Gasteiger partial charge < -0.3 is 5.32 Å². The molecule has 0 saturated carbocycles. The monoisotopic (exact) mass is 189 g/mol. The van der Waals surface area contributed by atoms with Crippen LogP contribution in [-0.4, -0.2) is 6.54 Å². The Morgan fingerprint density at radius 2 is 2.14 bits per heavy atom. The maximum atomic E-state index is 3.58. The minimum absolute atomic E-state index is 1.15. The van der Waals surface area contributed by atoms with Gasteiger partial charge in [-0.2, -0.15) is 0 Å². The van der Waals surface area contributed by atoms with Crippen LogP contribution in [0.2, 0.25) is 0 Å². The molecule has 1 fully saturated rings. The van der Waals surface area contributed by atoms with Crippen LogP contribution in [0.15, 0.2) is 35.1 Å². The molecule has 1 aliphatic heterocycles. The minimum Gasteiger partial charge on any atom is -0.385 e. The highest BCUT2D eigenvalue weighted by Gasteiger charge is 2.12. The van der Waals surface area contributed by atoms with E-state index in [4.69, 9.17) is 0 Å². The van der Waals surface area contributed by atoms with E-state index < -0.39 is 0 Å². The number of hydrogen-bond donors (Lipinski definition) is 1. The molecule has 0 aromatic rings. The van der Waals surface area contributed by atoms with E-state index >= 15 is 0 Å². The summed E-state index contributed by atoms with van der Waals surface area (Å²) in [6, 6.07) is 0. The van der Waals surface area contributed by atoms with Crippen molar-refractivity contribution in [3.05, 3.63) is 35.1 Å². The van der Waals surface area contributed by atoms with E-state index in [2.05, 4.69) is 30.5 Å². The Kier molecular flexibility index (Phi) is 3.07. The van der Waals surface area contributed by atoms with Crippen LogP contribution in [0.5, 0.6) is 0 Å². The summed E-state index contributed by atoms with van der Waals surface area (Å²) in [7, 11) is 0. The highest BCUT2D eigenvalue weighted by atomic mass is 14.9. The maximum Gasteiger partial charge on any atom is 0.0361 e. The third-order valence-electron chi connectivity index (χ3n) is 3.04. The van der Waals surface area contributed by atoms with Crippen LogP contribution in [0, 0.1) is 0 Å². The molecule has 1 saturated heterocycles. The van der Waals surface area contributed by atoms with Gasteiger partial charge in [-0.1, -0.05) is 18.2 Å². The molecule has 0 unspecified atom stereocenters. The fourth-order valence-corrected chi connectivity index (χ4v) is 2.19. The molecule has 1 heteroatoms. The van der Waals surface area contributed by atoms with Crippen molar-refractivity contribution in [2.75, 3.05) is 6.54 Å². The second-order valence-corrected chi connectivity index (χ2v) is 4.20. The first kappa shape index (κ1) is 9.57. The first-order valence-corrected chi connectivity index (χ1v) is 5.67. The molecular weight excluding hydrogens is 170 g/mol. The van der Waals surface area contributed by atoms with Crippen molar-refractivity contribution < 1.29 is 0 Å². The number of rotatable bonds is 0. The molecule has 2 aliphatic rings. The Balaban J connectivity index is 2.33. The molecule has 76 valence electrons. The van der Waals surface area contributed by atoms with Gasteiger partial charge in [-0.05, 0) is 50.2 Å². The molecule has 0 bridgehead atoms. The summed E-state index contributed by atoms with van der Waals surface area (Å²) in [5.74, 6) is 0. The van der Waals surface area contributed by atoms with Gasteiger partial charge >= 0.3 is 0 Å². The molecule has 0 spiro atoms. The van der Waals surface area contributed by atoms with E-state index in [0.717, 1.165) is 6.54 Å². The van der Waals surface area contributed by atoms with Crippen LogP contribution in [0.1, 0.15) is 39.0 Å². The summed E-state index contributed by atoms with van der Waals surface area (Å²) in [5, 5.41) is 3.58. The predicted octanol–water partition coefficient (Wildman–Crippen LogP) is 3.31. The molecule has 1 aliphatic carbocycles. The summed E-state index contributed by atoms with van der Waals surface area (Å²) in [5.41, 5.74) is 4.48. The molecule has 14 heavy (non-hydrogen) atoms. The lowest BCUT2D eigenvalue weighted by atomic mass is 9.98. The van der Waals surface area contributed by atoms with Crippen molar-refractivity contribution in [1.82, 2.24) is 5.32 Å². The Morgan fingerprint density at radius 3 is 3.07 bits per heavy atom. The fraction of sp³-hybridized carbons (Fsp3) is 0.538. The first-order chi connectivity index (χ1) is 6.88.